The molecule has 7 heteroatoms. The summed E-state index contributed by atoms with van der Waals surface area (Å²) in [6.07, 6.45) is 1.99. The Morgan fingerprint density at radius 3 is 2.36 bits per heavy atom. The molecule has 0 unspecified atom stereocenters. The van der Waals surface area contributed by atoms with Crippen LogP contribution in [0, 0.1) is 0 Å². The Hall–Kier alpha value is -2.77. The maximum atomic E-state index is 12.4. The zero-order valence-electron chi connectivity index (χ0n) is 15.2. The second-order valence-corrected chi connectivity index (χ2v) is 8.49. The minimum Gasteiger partial charge on any atom is -0.457 e. The summed E-state index contributed by atoms with van der Waals surface area (Å²) in [5, 5.41) is 0. The Kier molecular flexibility index (Phi) is 6.38. The number of carbonyl (C=O) groups excluding carboxylic acids is 1. The number of thioether (sulfide) groups is 1. The van der Waals surface area contributed by atoms with E-state index in [1.165, 1.54) is 18.2 Å². The minimum absolute atomic E-state index is 0.146. The van der Waals surface area contributed by atoms with Crippen LogP contribution in [0.1, 0.15) is 15.9 Å². The highest BCUT2D eigenvalue weighted by Crippen LogP contribution is 2.19. The van der Waals surface area contributed by atoms with Crippen LogP contribution in [0.4, 0.5) is 5.69 Å². The van der Waals surface area contributed by atoms with Gasteiger partial charge < -0.3 is 4.74 Å². The van der Waals surface area contributed by atoms with Gasteiger partial charge in [0.2, 0.25) is 0 Å². The molecule has 0 amide bonds. The van der Waals surface area contributed by atoms with Crippen LogP contribution < -0.4 is 4.72 Å². The third-order valence-electron chi connectivity index (χ3n) is 3.93. The van der Waals surface area contributed by atoms with E-state index in [4.69, 9.17) is 4.74 Å². The van der Waals surface area contributed by atoms with E-state index in [9.17, 15) is 13.2 Å². The largest absolute Gasteiger partial charge is 0.457 e. The number of sulfonamides is 1. The van der Waals surface area contributed by atoms with E-state index in [0.29, 0.717) is 5.69 Å². The fraction of sp³-hybridized carbons (Fsp3) is 0.0952. The molecule has 3 rings (SSSR count). The molecule has 0 bridgehead atoms. The summed E-state index contributed by atoms with van der Waals surface area (Å²) in [6, 6.07) is 22.0. The first-order valence-electron chi connectivity index (χ1n) is 8.46. The fourth-order valence-corrected chi connectivity index (χ4v) is 3.96. The number of hydrogen-bond donors (Lipinski definition) is 1. The van der Waals surface area contributed by atoms with Crippen LogP contribution in [0.3, 0.4) is 0 Å². The summed E-state index contributed by atoms with van der Waals surface area (Å²) < 4.78 is 32.6. The van der Waals surface area contributed by atoms with Crippen LogP contribution in [-0.2, 0) is 21.4 Å². The first-order chi connectivity index (χ1) is 13.5. The second-order valence-electron chi connectivity index (χ2n) is 5.92. The lowest BCUT2D eigenvalue weighted by Gasteiger charge is -2.10. The molecule has 144 valence electrons. The Morgan fingerprint density at radius 1 is 0.964 bits per heavy atom. The molecule has 0 aromatic heterocycles. The molecule has 1 N–H and O–H groups in total. The molecule has 0 atom stereocenters. The lowest BCUT2D eigenvalue weighted by molar-refractivity contribution is 0.0472. The summed E-state index contributed by atoms with van der Waals surface area (Å²) in [7, 11) is -3.72. The lowest BCUT2D eigenvalue weighted by atomic mass is 10.2. The van der Waals surface area contributed by atoms with Crippen LogP contribution in [0.2, 0.25) is 0 Å². The Morgan fingerprint density at radius 2 is 1.68 bits per heavy atom. The molecule has 3 aromatic carbocycles. The van der Waals surface area contributed by atoms with E-state index in [1.54, 1.807) is 48.2 Å². The molecule has 0 spiro atoms. The molecule has 0 saturated carbocycles. The first-order valence-corrected chi connectivity index (χ1v) is 11.2. The van der Waals surface area contributed by atoms with Crippen molar-refractivity contribution in [2.75, 3.05) is 11.0 Å². The number of benzene rings is 3. The van der Waals surface area contributed by atoms with Gasteiger partial charge in [0.15, 0.2) is 0 Å². The van der Waals surface area contributed by atoms with Crippen LogP contribution in [0.5, 0.6) is 0 Å². The van der Waals surface area contributed by atoms with Crippen molar-refractivity contribution in [3.8, 4) is 0 Å². The van der Waals surface area contributed by atoms with Crippen LogP contribution in [-0.4, -0.2) is 20.6 Å². The molecule has 28 heavy (non-hydrogen) atoms. The number of rotatable bonds is 7. The molecule has 0 radical (unpaired) electrons. The highest BCUT2D eigenvalue weighted by atomic mass is 32.2. The van der Waals surface area contributed by atoms with Gasteiger partial charge in [0, 0.05) is 10.6 Å². The van der Waals surface area contributed by atoms with Gasteiger partial charge >= 0.3 is 5.97 Å². The van der Waals surface area contributed by atoms with E-state index in [0.717, 1.165) is 10.5 Å². The molecule has 0 aliphatic carbocycles. The van der Waals surface area contributed by atoms with Gasteiger partial charge in [-0.15, -0.1) is 11.8 Å². The van der Waals surface area contributed by atoms with Gasteiger partial charge in [0.05, 0.1) is 10.5 Å². The molecular formula is C21H19NO4S2. The predicted molar refractivity (Wildman–Crippen MR) is 111 cm³/mol. The topological polar surface area (TPSA) is 72.5 Å². The first kappa shape index (κ1) is 20.0. The van der Waals surface area contributed by atoms with Crippen molar-refractivity contribution in [3.63, 3.8) is 0 Å². The lowest BCUT2D eigenvalue weighted by Crippen LogP contribution is -2.13. The van der Waals surface area contributed by atoms with Gasteiger partial charge in [-0.2, -0.15) is 0 Å². The zero-order chi connectivity index (χ0) is 20.0. The van der Waals surface area contributed by atoms with Gasteiger partial charge in [-0.3, -0.25) is 4.72 Å². The standard InChI is InChI=1S/C21H19NO4S2/c1-27-19-12-10-16(11-13-19)15-26-21(23)17-6-5-7-18(14-17)22-28(24,25)20-8-3-2-4-9-20/h2-14,22H,15H2,1H3. The number of ether oxygens (including phenoxy) is 1. The molecular weight excluding hydrogens is 394 g/mol. The monoisotopic (exact) mass is 413 g/mol. The van der Waals surface area contributed by atoms with Gasteiger partial charge in [-0.25, -0.2) is 13.2 Å². The molecule has 0 aliphatic rings. The minimum atomic E-state index is -3.72. The molecule has 5 nitrogen and oxygen atoms in total. The van der Waals surface area contributed by atoms with Gasteiger partial charge in [-0.05, 0) is 54.3 Å². The number of carbonyl (C=O) groups is 1. The summed E-state index contributed by atoms with van der Waals surface area (Å²) in [5.41, 5.74) is 1.45. The van der Waals surface area contributed by atoms with E-state index < -0.39 is 16.0 Å². The third kappa shape index (κ3) is 5.15. The van der Waals surface area contributed by atoms with Gasteiger partial charge in [-0.1, -0.05) is 36.4 Å². The van der Waals surface area contributed by atoms with Crippen molar-refractivity contribution in [2.24, 2.45) is 0 Å². The smallest absolute Gasteiger partial charge is 0.338 e. The van der Waals surface area contributed by atoms with E-state index >= 15 is 0 Å². The summed E-state index contributed by atoms with van der Waals surface area (Å²) >= 11 is 1.64. The number of esters is 1. The molecule has 0 heterocycles. The van der Waals surface area contributed by atoms with Crippen molar-refractivity contribution in [2.45, 2.75) is 16.4 Å². The van der Waals surface area contributed by atoms with Crippen LogP contribution >= 0.6 is 11.8 Å². The highest BCUT2D eigenvalue weighted by Gasteiger charge is 2.15. The van der Waals surface area contributed by atoms with Crippen molar-refractivity contribution in [3.05, 3.63) is 90.0 Å². The van der Waals surface area contributed by atoms with Crippen LogP contribution in [0.25, 0.3) is 0 Å². The predicted octanol–water partition coefficient (Wildman–Crippen LogP) is 4.57. The molecule has 0 fully saturated rings. The third-order valence-corrected chi connectivity index (χ3v) is 6.07. The second kappa shape index (κ2) is 8.95. The average molecular weight is 414 g/mol. The van der Waals surface area contributed by atoms with Crippen molar-refractivity contribution in [1.29, 1.82) is 0 Å². The number of anilines is 1. The molecule has 0 aliphatic heterocycles. The number of nitrogens with one attached hydrogen (secondary N) is 1. The Bertz CT molecular complexity index is 1050. The molecule has 0 saturated heterocycles. The number of hydrogen-bond acceptors (Lipinski definition) is 5. The van der Waals surface area contributed by atoms with Crippen LogP contribution in [0.15, 0.2) is 88.7 Å². The summed E-state index contributed by atoms with van der Waals surface area (Å²) in [5.74, 6) is -0.519. The maximum absolute atomic E-state index is 12.4. The van der Waals surface area contributed by atoms with Gasteiger partial charge in [0.1, 0.15) is 6.61 Å². The maximum Gasteiger partial charge on any atom is 0.338 e. The van der Waals surface area contributed by atoms with Gasteiger partial charge in [0.25, 0.3) is 10.0 Å². The van der Waals surface area contributed by atoms with E-state index in [1.807, 2.05) is 30.5 Å². The quantitative estimate of drug-likeness (QED) is 0.454. The fourth-order valence-electron chi connectivity index (χ4n) is 2.48. The molecule has 3 aromatic rings. The SMILES string of the molecule is CSc1ccc(COC(=O)c2cccc(NS(=O)(=O)c3ccccc3)c2)cc1. The van der Waals surface area contributed by atoms with E-state index in [2.05, 4.69) is 4.72 Å². The Balaban J connectivity index is 1.67. The average Bonchev–Trinajstić information content (AvgIpc) is 2.73. The van der Waals surface area contributed by atoms with Crippen molar-refractivity contribution in [1.82, 2.24) is 0 Å². The normalized spacial score (nSPS) is 11.0. The van der Waals surface area contributed by atoms with Crippen molar-refractivity contribution < 1.29 is 17.9 Å². The Labute approximate surface area is 168 Å². The summed E-state index contributed by atoms with van der Waals surface area (Å²) in [4.78, 5) is 13.6. The summed E-state index contributed by atoms with van der Waals surface area (Å²) in [6.45, 7) is 0.146. The zero-order valence-corrected chi connectivity index (χ0v) is 16.8. The van der Waals surface area contributed by atoms with E-state index in [-0.39, 0.29) is 17.1 Å². The highest BCUT2D eigenvalue weighted by molar-refractivity contribution is 7.98. The van der Waals surface area contributed by atoms with Crippen molar-refractivity contribution >= 4 is 33.4 Å².